The Morgan fingerprint density at radius 1 is 1.21 bits per heavy atom. The van der Waals surface area contributed by atoms with Crippen LogP contribution < -0.4 is 10.2 Å². The number of aliphatic carboxylic acids is 1. The Morgan fingerprint density at radius 2 is 2.00 bits per heavy atom. The number of hydrogen-bond acceptors (Lipinski definition) is 8. The molecular weight excluding hydrogens is 372 g/mol. The standard InChI is InChI=1S/C20H20N6O3/c27-18(28)9-17-24-25-20(29-17)26-6-5-16-14(11-26)10-21-19(23-16)22-15-7-12-3-1-2-4-13(12)8-15/h1-4,10,15H,5-9,11H2,(H,27,28)(H,21,22,23). The maximum atomic E-state index is 10.8. The highest BCUT2D eigenvalue weighted by Crippen LogP contribution is 2.26. The summed E-state index contributed by atoms with van der Waals surface area (Å²) in [5.41, 5.74) is 4.80. The van der Waals surface area contributed by atoms with Gasteiger partial charge in [0.25, 0.3) is 0 Å². The summed E-state index contributed by atoms with van der Waals surface area (Å²) in [5, 5.41) is 20.1. The monoisotopic (exact) mass is 392 g/mol. The molecule has 0 saturated heterocycles. The molecule has 0 spiro atoms. The van der Waals surface area contributed by atoms with Crippen LogP contribution in [0.4, 0.5) is 12.0 Å². The fraction of sp³-hybridized carbons (Fsp3) is 0.350. The van der Waals surface area contributed by atoms with Gasteiger partial charge in [0.05, 0.1) is 12.2 Å². The zero-order valence-electron chi connectivity index (χ0n) is 15.7. The second-order valence-electron chi connectivity index (χ2n) is 7.40. The van der Waals surface area contributed by atoms with Crippen molar-refractivity contribution in [1.29, 1.82) is 0 Å². The zero-order valence-corrected chi connectivity index (χ0v) is 15.7. The molecule has 0 amide bonds. The first-order valence-corrected chi connectivity index (χ1v) is 9.61. The number of hydrogen-bond donors (Lipinski definition) is 2. The number of nitrogens with zero attached hydrogens (tertiary/aromatic N) is 5. The van der Waals surface area contributed by atoms with Crippen LogP contribution in [0.3, 0.4) is 0 Å². The Hall–Kier alpha value is -3.49. The number of nitrogens with one attached hydrogen (secondary N) is 1. The van der Waals surface area contributed by atoms with E-state index in [2.05, 4.69) is 44.8 Å². The van der Waals surface area contributed by atoms with Gasteiger partial charge in [0.15, 0.2) is 0 Å². The molecule has 9 heteroatoms. The van der Waals surface area contributed by atoms with Crippen LogP contribution in [0.1, 0.15) is 28.3 Å². The first-order valence-electron chi connectivity index (χ1n) is 9.61. The van der Waals surface area contributed by atoms with Crippen LogP contribution in [-0.2, 0) is 37.0 Å². The predicted molar refractivity (Wildman–Crippen MR) is 104 cm³/mol. The molecule has 5 rings (SSSR count). The van der Waals surface area contributed by atoms with E-state index in [0.717, 1.165) is 30.5 Å². The molecule has 1 aromatic carbocycles. The van der Waals surface area contributed by atoms with Crippen molar-refractivity contribution in [3.63, 3.8) is 0 Å². The van der Waals surface area contributed by atoms with E-state index in [4.69, 9.17) is 14.5 Å². The Bertz CT molecular complexity index is 1040. The molecule has 3 aromatic rings. The molecule has 0 saturated carbocycles. The van der Waals surface area contributed by atoms with Crippen LogP contribution in [0.5, 0.6) is 0 Å². The summed E-state index contributed by atoms with van der Waals surface area (Å²) < 4.78 is 5.46. The van der Waals surface area contributed by atoms with E-state index in [9.17, 15) is 4.79 Å². The van der Waals surface area contributed by atoms with Crippen molar-refractivity contribution in [2.24, 2.45) is 0 Å². The second kappa shape index (κ2) is 7.16. The maximum Gasteiger partial charge on any atom is 0.318 e. The van der Waals surface area contributed by atoms with Crippen molar-refractivity contribution in [2.75, 3.05) is 16.8 Å². The number of fused-ring (bicyclic) bond motifs is 2. The van der Waals surface area contributed by atoms with E-state index in [-0.39, 0.29) is 12.3 Å². The van der Waals surface area contributed by atoms with E-state index in [0.29, 0.717) is 31.1 Å². The first kappa shape index (κ1) is 17.6. The molecule has 1 aliphatic carbocycles. The van der Waals surface area contributed by atoms with Crippen molar-refractivity contribution in [3.05, 3.63) is 58.7 Å². The van der Waals surface area contributed by atoms with Gasteiger partial charge in [0.2, 0.25) is 11.8 Å². The van der Waals surface area contributed by atoms with Crippen molar-refractivity contribution in [3.8, 4) is 0 Å². The lowest BCUT2D eigenvalue weighted by molar-refractivity contribution is -0.136. The second-order valence-corrected chi connectivity index (χ2v) is 7.40. The van der Waals surface area contributed by atoms with Gasteiger partial charge in [-0.1, -0.05) is 29.4 Å². The van der Waals surface area contributed by atoms with Gasteiger partial charge in [-0.05, 0) is 24.0 Å². The quantitative estimate of drug-likeness (QED) is 0.668. The van der Waals surface area contributed by atoms with Crippen molar-refractivity contribution in [1.82, 2.24) is 20.2 Å². The third-order valence-corrected chi connectivity index (χ3v) is 5.35. The molecule has 0 bridgehead atoms. The lowest BCUT2D eigenvalue weighted by Crippen LogP contribution is -2.32. The number of carbonyl (C=O) groups is 1. The summed E-state index contributed by atoms with van der Waals surface area (Å²) in [7, 11) is 0. The highest BCUT2D eigenvalue weighted by atomic mass is 16.4. The SMILES string of the molecule is O=C(O)Cc1nnc(N2CCc3nc(NC4Cc5ccccc5C4)ncc3C2)o1. The number of anilines is 2. The summed E-state index contributed by atoms with van der Waals surface area (Å²) in [6.07, 6.45) is 4.27. The topological polar surface area (TPSA) is 117 Å². The minimum Gasteiger partial charge on any atom is -0.481 e. The van der Waals surface area contributed by atoms with E-state index in [1.807, 2.05) is 11.1 Å². The Morgan fingerprint density at radius 3 is 2.76 bits per heavy atom. The van der Waals surface area contributed by atoms with Crippen LogP contribution in [-0.4, -0.2) is 43.8 Å². The third-order valence-electron chi connectivity index (χ3n) is 5.35. The van der Waals surface area contributed by atoms with Gasteiger partial charge >= 0.3 is 12.0 Å². The summed E-state index contributed by atoms with van der Waals surface area (Å²) in [6, 6.07) is 9.17. The molecule has 148 valence electrons. The normalized spacial score (nSPS) is 15.8. The molecule has 2 aromatic heterocycles. The summed E-state index contributed by atoms with van der Waals surface area (Å²) in [5.74, 6) is -0.230. The highest BCUT2D eigenvalue weighted by molar-refractivity contribution is 5.68. The van der Waals surface area contributed by atoms with Gasteiger partial charge < -0.3 is 19.7 Å². The maximum absolute atomic E-state index is 10.8. The van der Waals surface area contributed by atoms with Gasteiger partial charge in [0.1, 0.15) is 6.42 Å². The Kier molecular flexibility index (Phi) is 4.34. The minimum atomic E-state index is -0.997. The molecular formula is C20H20N6O3. The average Bonchev–Trinajstić information content (AvgIpc) is 3.33. The van der Waals surface area contributed by atoms with Crippen LogP contribution in [0.25, 0.3) is 0 Å². The van der Waals surface area contributed by atoms with E-state index >= 15 is 0 Å². The fourth-order valence-electron chi connectivity index (χ4n) is 3.97. The van der Waals surface area contributed by atoms with Crippen molar-refractivity contribution < 1.29 is 14.3 Å². The zero-order chi connectivity index (χ0) is 19.8. The molecule has 0 radical (unpaired) electrons. The lowest BCUT2D eigenvalue weighted by atomic mass is 10.1. The largest absolute Gasteiger partial charge is 0.481 e. The summed E-state index contributed by atoms with van der Waals surface area (Å²) >= 11 is 0. The predicted octanol–water partition coefficient (Wildman–Crippen LogP) is 1.63. The minimum absolute atomic E-state index is 0.103. The van der Waals surface area contributed by atoms with Gasteiger partial charge in [-0.3, -0.25) is 4.79 Å². The van der Waals surface area contributed by atoms with Crippen molar-refractivity contribution in [2.45, 2.75) is 38.3 Å². The third kappa shape index (κ3) is 3.63. The molecule has 3 heterocycles. The highest BCUT2D eigenvalue weighted by Gasteiger charge is 2.25. The Balaban J connectivity index is 1.25. The van der Waals surface area contributed by atoms with Gasteiger partial charge in [-0.2, -0.15) is 0 Å². The molecule has 9 nitrogen and oxygen atoms in total. The number of benzene rings is 1. The van der Waals surface area contributed by atoms with Gasteiger partial charge in [-0.15, -0.1) is 5.10 Å². The molecule has 29 heavy (non-hydrogen) atoms. The van der Waals surface area contributed by atoms with E-state index < -0.39 is 5.97 Å². The van der Waals surface area contributed by atoms with Gasteiger partial charge in [-0.25, -0.2) is 9.97 Å². The van der Waals surface area contributed by atoms with Crippen LogP contribution in [0.15, 0.2) is 34.9 Å². The van der Waals surface area contributed by atoms with Crippen LogP contribution in [0.2, 0.25) is 0 Å². The van der Waals surface area contributed by atoms with Crippen LogP contribution >= 0.6 is 0 Å². The van der Waals surface area contributed by atoms with E-state index in [1.54, 1.807) is 0 Å². The van der Waals surface area contributed by atoms with Gasteiger partial charge in [0, 0.05) is 30.8 Å². The molecule has 2 N–H and O–H groups in total. The lowest BCUT2D eigenvalue weighted by Gasteiger charge is -2.26. The average molecular weight is 392 g/mol. The number of aromatic nitrogens is 4. The smallest absolute Gasteiger partial charge is 0.318 e. The van der Waals surface area contributed by atoms with Crippen LogP contribution in [0, 0.1) is 0 Å². The number of rotatable bonds is 5. The number of carboxylic acids is 1. The Labute approximate surface area is 166 Å². The van der Waals surface area contributed by atoms with Crippen molar-refractivity contribution >= 4 is 17.9 Å². The molecule has 0 atom stereocenters. The molecule has 0 fully saturated rings. The fourth-order valence-corrected chi connectivity index (χ4v) is 3.97. The number of carboxylic acid groups (broad SMARTS) is 1. The summed E-state index contributed by atoms with van der Waals surface area (Å²) in [4.78, 5) is 21.9. The molecule has 0 unspecified atom stereocenters. The van der Waals surface area contributed by atoms with E-state index in [1.165, 1.54) is 11.1 Å². The first-order chi connectivity index (χ1) is 14.1. The molecule has 2 aliphatic rings. The summed E-state index contributed by atoms with van der Waals surface area (Å²) in [6.45, 7) is 1.23. The molecule has 1 aliphatic heterocycles.